The molecule has 0 aliphatic heterocycles. The average Bonchev–Trinajstić information content (AvgIpc) is 3.38. The van der Waals surface area contributed by atoms with Gasteiger partial charge in [0, 0.05) is 23.6 Å². The standard InChI is InChI=1S/C23H25N3O2S/c1-16(2)20-9-5-6-10-21(20)24-23-25(18-7-3-4-8-18)22(15-29-23)17-11-13-19(14-12-17)26(27)28/h5-6,9-16,18H,3-4,7-8H2,1-2H3. The van der Waals surface area contributed by atoms with Gasteiger partial charge in [-0.3, -0.25) is 10.1 Å². The van der Waals surface area contributed by atoms with Gasteiger partial charge >= 0.3 is 0 Å². The number of benzene rings is 2. The van der Waals surface area contributed by atoms with Crippen molar-refractivity contribution in [3.8, 4) is 11.3 Å². The van der Waals surface area contributed by atoms with E-state index in [1.165, 1.54) is 18.4 Å². The fourth-order valence-corrected chi connectivity index (χ4v) is 5.04. The molecule has 3 aromatic rings. The number of nitro benzene ring substituents is 1. The van der Waals surface area contributed by atoms with E-state index in [4.69, 9.17) is 4.99 Å². The second kappa shape index (κ2) is 8.33. The predicted octanol–water partition coefficient (Wildman–Crippen LogP) is 6.60. The van der Waals surface area contributed by atoms with Gasteiger partial charge in [0.1, 0.15) is 0 Å². The van der Waals surface area contributed by atoms with Crippen LogP contribution >= 0.6 is 11.3 Å². The van der Waals surface area contributed by atoms with E-state index in [0.717, 1.165) is 34.6 Å². The van der Waals surface area contributed by atoms with Crippen LogP contribution in [0.2, 0.25) is 0 Å². The van der Waals surface area contributed by atoms with Crippen LogP contribution in [0.1, 0.15) is 57.1 Å². The molecule has 1 aliphatic rings. The molecule has 6 heteroatoms. The van der Waals surface area contributed by atoms with Crippen LogP contribution in [0.5, 0.6) is 0 Å². The molecule has 1 aliphatic carbocycles. The third-order valence-corrected chi connectivity index (χ3v) is 6.42. The number of non-ortho nitro benzene ring substituents is 1. The number of aromatic nitrogens is 1. The Balaban J connectivity index is 1.85. The summed E-state index contributed by atoms with van der Waals surface area (Å²) in [5.74, 6) is 0.406. The summed E-state index contributed by atoms with van der Waals surface area (Å²) in [7, 11) is 0. The van der Waals surface area contributed by atoms with Crippen molar-refractivity contribution >= 4 is 22.7 Å². The summed E-state index contributed by atoms with van der Waals surface area (Å²) in [6, 6.07) is 15.6. The maximum Gasteiger partial charge on any atom is 0.269 e. The molecular weight excluding hydrogens is 382 g/mol. The van der Waals surface area contributed by atoms with Gasteiger partial charge in [-0.1, -0.05) is 44.9 Å². The Morgan fingerprint density at radius 1 is 1.10 bits per heavy atom. The van der Waals surface area contributed by atoms with Gasteiger partial charge in [-0.15, -0.1) is 11.3 Å². The first-order chi connectivity index (χ1) is 14.0. The lowest BCUT2D eigenvalue weighted by molar-refractivity contribution is -0.384. The Kier molecular flexibility index (Phi) is 5.62. The zero-order valence-corrected chi connectivity index (χ0v) is 17.6. The first kappa shape index (κ1) is 19.6. The molecule has 5 nitrogen and oxygen atoms in total. The first-order valence-electron chi connectivity index (χ1n) is 10.1. The highest BCUT2D eigenvalue weighted by molar-refractivity contribution is 7.07. The lowest BCUT2D eigenvalue weighted by Crippen LogP contribution is -2.20. The summed E-state index contributed by atoms with van der Waals surface area (Å²) in [5.41, 5.74) is 4.48. The Morgan fingerprint density at radius 2 is 1.79 bits per heavy atom. The van der Waals surface area contributed by atoms with Gasteiger partial charge in [-0.2, -0.15) is 0 Å². The Bertz CT molecular complexity index is 1070. The van der Waals surface area contributed by atoms with E-state index in [-0.39, 0.29) is 10.6 Å². The Morgan fingerprint density at radius 3 is 2.45 bits per heavy atom. The fourth-order valence-electron chi connectivity index (χ4n) is 4.06. The van der Waals surface area contributed by atoms with Crippen molar-refractivity contribution in [3.05, 3.63) is 74.4 Å². The predicted molar refractivity (Wildman–Crippen MR) is 118 cm³/mol. The molecule has 0 N–H and O–H groups in total. The maximum atomic E-state index is 11.0. The minimum atomic E-state index is -0.355. The summed E-state index contributed by atoms with van der Waals surface area (Å²) < 4.78 is 2.36. The maximum absolute atomic E-state index is 11.0. The molecule has 0 atom stereocenters. The summed E-state index contributed by atoms with van der Waals surface area (Å²) in [5, 5.41) is 13.1. The van der Waals surface area contributed by atoms with Gasteiger partial charge in [0.2, 0.25) is 0 Å². The minimum Gasteiger partial charge on any atom is -0.313 e. The number of rotatable bonds is 5. The van der Waals surface area contributed by atoms with E-state index in [1.807, 2.05) is 18.2 Å². The summed E-state index contributed by atoms with van der Waals surface area (Å²) in [6.45, 7) is 4.38. The summed E-state index contributed by atoms with van der Waals surface area (Å²) in [4.78, 5) is 16.7. The first-order valence-corrected chi connectivity index (χ1v) is 11.0. The third-order valence-electron chi connectivity index (χ3n) is 5.58. The number of thiazole rings is 1. The van der Waals surface area contributed by atoms with Crippen molar-refractivity contribution in [2.75, 3.05) is 0 Å². The topological polar surface area (TPSA) is 60.4 Å². The fraction of sp³-hybridized carbons (Fsp3) is 0.348. The highest BCUT2D eigenvalue weighted by Crippen LogP contribution is 2.34. The van der Waals surface area contributed by atoms with Crippen molar-refractivity contribution in [1.29, 1.82) is 0 Å². The molecule has 29 heavy (non-hydrogen) atoms. The second-order valence-electron chi connectivity index (χ2n) is 7.84. The largest absolute Gasteiger partial charge is 0.313 e. The number of para-hydroxylation sites is 1. The third kappa shape index (κ3) is 4.03. The monoisotopic (exact) mass is 407 g/mol. The van der Waals surface area contributed by atoms with Crippen LogP contribution in [-0.4, -0.2) is 9.49 Å². The normalized spacial score (nSPS) is 15.3. The molecule has 1 aromatic heterocycles. The summed E-state index contributed by atoms with van der Waals surface area (Å²) in [6.07, 6.45) is 4.76. The van der Waals surface area contributed by atoms with E-state index in [2.05, 4.69) is 42.0 Å². The Hall–Kier alpha value is -2.73. The van der Waals surface area contributed by atoms with E-state index in [0.29, 0.717) is 12.0 Å². The summed E-state index contributed by atoms with van der Waals surface area (Å²) >= 11 is 1.65. The number of hydrogen-bond donors (Lipinski definition) is 0. The molecule has 1 heterocycles. The molecule has 1 fully saturated rings. The molecule has 4 rings (SSSR count). The van der Waals surface area contributed by atoms with Crippen LogP contribution in [0.4, 0.5) is 11.4 Å². The molecule has 150 valence electrons. The number of hydrogen-bond acceptors (Lipinski definition) is 4. The number of nitro groups is 1. The van der Waals surface area contributed by atoms with Crippen LogP contribution in [0, 0.1) is 10.1 Å². The van der Waals surface area contributed by atoms with E-state index in [9.17, 15) is 10.1 Å². The second-order valence-corrected chi connectivity index (χ2v) is 8.68. The van der Waals surface area contributed by atoms with Crippen LogP contribution in [-0.2, 0) is 0 Å². The SMILES string of the molecule is CC(C)c1ccccc1N=c1scc(-c2ccc([N+](=O)[O-])cc2)n1C1CCCC1. The zero-order valence-electron chi connectivity index (χ0n) is 16.7. The van der Waals surface area contributed by atoms with Crippen molar-refractivity contribution in [3.63, 3.8) is 0 Å². The molecule has 1 saturated carbocycles. The van der Waals surface area contributed by atoms with E-state index < -0.39 is 0 Å². The van der Waals surface area contributed by atoms with Crippen molar-refractivity contribution < 1.29 is 4.92 Å². The molecule has 0 spiro atoms. The minimum absolute atomic E-state index is 0.118. The van der Waals surface area contributed by atoms with Gasteiger partial charge in [-0.05, 0) is 48.1 Å². The molecule has 0 saturated heterocycles. The molecule has 0 amide bonds. The quantitative estimate of drug-likeness (QED) is 0.353. The van der Waals surface area contributed by atoms with Crippen molar-refractivity contribution in [1.82, 2.24) is 4.57 Å². The molecule has 0 bridgehead atoms. The highest BCUT2D eigenvalue weighted by atomic mass is 32.1. The lowest BCUT2D eigenvalue weighted by Gasteiger charge is -2.16. The molecular formula is C23H25N3O2S. The van der Waals surface area contributed by atoms with Crippen molar-refractivity contribution in [2.24, 2.45) is 4.99 Å². The van der Waals surface area contributed by atoms with E-state index >= 15 is 0 Å². The van der Waals surface area contributed by atoms with Gasteiger partial charge in [0.25, 0.3) is 5.69 Å². The van der Waals surface area contributed by atoms with Crippen LogP contribution in [0.15, 0.2) is 58.9 Å². The average molecular weight is 408 g/mol. The van der Waals surface area contributed by atoms with Crippen molar-refractivity contribution in [2.45, 2.75) is 51.5 Å². The lowest BCUT2D eigenvalue weighted by atomic mass is 10.0. The zero-order chi connectivity index (χ0) is 20.4. The van der Waals surface area contributed by atoms with E-state index in [1.54, 1.807) is 23.5 Å². The van der Waals surface area contributed by atoms with Crippen LogP contribution in [0.25, 0.3) is 11.3 Å². The smallest absolute Gasteiger partial charge is 0.269 e. The van der Waals surface area contributed by atoms with Gasteiger partial charge < -0.3 is 4.57 Å². The van der Waals surface area contributed by atoms with Gasteiger partial charge in [0.15, 0.2) is 4.80 Å². The van der Waals surface area contributed by atoms with Gasteiger partial charge in [-0.25, -0.2) is 4.99 Å². The number of nitrogens with zero attached hydrogens (tertiary/aromatic N) is 3. The van der Waals surface area contributed by atoms with Crippen LogP contribution in [0.3, 0.4) is 0 Å². The van der Waals surface area contributed by atoms with Crippen LogP contribution < -0.4 is 4.80 Å². The van der Waals surface area contributed by atoms with Gasteiger partial charge in [0.05, 0.1) is 16.3 Å². The highest BCUT2D eigenvalue weighted by Gasteiger charge is 2.22. The Labute approximate surface area is 174 Å². The molecule has 2 aromatic carbocycles. The molecule has 0 unspecified atom stereocenters. The molecule has 0 radical (unpaired) electrons.